The van der Waals surface area contributed by atoms with Crippen molar-refractivity contribution in [3.05, 3.63) is 23.8 Å². The lowest BCUT2D eigenvalue weighted by Gasteiger charge is -2.13. The van der Waals surface area contributed by atoms with E-state index in [1.165, 1.54) is 25.7 Å². The van der Waals surface area contributed by atoms with Crippen molar-refractivity contribution < 1.29 is 14.3 Å². The number of amides is 1. The van der Waals surface area contributed by atoms with E-state index in [1.807, 2.05) is 25.1 Å². The normalized spacial score (nSPS) is 14.0. The minimum Gasteiger partial charge on any atom is -0.493 e. The molecular formula is C22H37IN4O3. The van der Waals surface area contributed by atoms with Gasteiger partial charge in [0.2, 0.25) is 5.91 Å². The standard InChI is InChI=1S/C22H36N4O3.HI/c1-4-23-22(26-14-13-24-21(27)16-17-7-5-6-8-17)25-12-11-18-9-10-19(28-2)20(15-18)29-3;/h9-10,15,17H,4-8,11-14,16H2,1-3H3,(H,24,27)(H2,23,25,26);1H. The zero-order valence-electron chi connectivity index (χ0n) is 18.5. The van der Waals surface area contributed by atoms with Crippen molar-refractivity contribution >= 4 is 35.8 Å². The summed E-state index contributed by atoms with van der Waals surface area (Å²) in [7, 11) is 3.27. The second-order valence-corrected chi connectivity index (χ2v) is 7.33. The van der Waals surface area contributed by atoms with Crippen LogP contribution in [0.15, 0.2) is 23.2 Å². The Kier molecular flexibility index (Phi) is 13.3. The first-order chi connectivity index (χ1) is 14.2. The predicted molar refractivity (Wildman–Crippen MR) is 132 cm³/mol. The lowest BCUT2D eigenvalue weighted by Crippen LogP contribution is -2.41. The van der Waals surface area contributed by atoms with Crippen LogP contribution in [0.3, 0.4) is 0 Å². The molecule has 0 aromatic heterocycles. The molecule has 1 aliphatic carbocycles. The predicted octanol–water partition coefficient (Wildman–Crippen LogP) is 3.12. The fourth-order valence-electron chi connectivity index (χ4n) is 3.61. The number of rotatable bonds is 11. The number of carbonyl (C=O) groups excluding carboxylic acids is 1. The molecule has 8 heteroatoms. The number of hydrogen-bond acceptors (Lipinski definition) is 4. The van der Waals surface area contributed by atoms with E-state index in [0.717, 1.165) is 36.0 Å². The molecule has 170 valence electrons. The van der Waals surface area contributed by atoms with E-state index in [1.54, 1.807) is 14.2 Å². The first-order valence-electron chi connectivity index (χ1n) is 10.7. The first kappa shape index (κ1) is 26.3. The Morgan fingerprint density at radius 1 is 1.07 bits per heavy atom. The van der Waals surface area contributed by atoms with Crippen molar-refractivity contribution in [2.75, 3.05) is 40.4 Å². The molecule has 0 unspecified atom stereocenters. The third-order valence-corrected chi connectivity index (χ3v) is 5.15. The molecule has 7 nitrogen and oxygen atoms in total. The van der Waals surface area contributed by atoms with Crippen LogP contribution in [0, 0.1) is 5.92 Å². The quantitative estimate of drug-likeness (QED) is 0.177. The molecule has 1 aromatic rings. The van der Waals surface area contributed by atoms with Crippen molar-refractivity contribution in [2.24, 2.45) is 10.9 Å². The van der Waals surface area contributed by atoms with Gasteiger partial charge in [-0.05, 0) is 49.8 Å². The number of nitrogens with one attached hydrogen (secondary N) is 3. The molecule has 3 N–H and O–H groups in total. The largest absolute Gasteiger partial charge is 0.493 e. The van der Waals surface area contributed by atoms with Crippen LogP contribution in [-0.2, 0) is 11.2 Å². The summed E-state index contributed by atoms with van der Waals surface area (Å²) in [5.74, 6) is 2.96. The average molecular weight is 532 g/mol. The molecule has 1 aliphatic rings. The highest BCUT2D eigenvalue weighted by atomic mass is 127. The zero-order valence-corrected chi connectivity index (χ0v) is 20.8. The minimum absolute atomic E-state index is 0. The molecule has 1 amide bonds. The number of guanidine groups is 1. The SMILES string of the molecule is CCNC(=NCCc1ccc(OC)c(OC)c1)NCCNC(=O)CC1CCCC1.I. The van der Waals surface area contributed by atoms with Crippen LogP contribution >= 0.6 is 24.0 Å². The monoisotopic (exact) mass is 532 g/mol. The Labute approximate surface area is 197 Å². The molecule has 2 rings (SSSR count). The summed E-state index contributed by atoms with van der Waals surface area (Å²) in [5.41, 5.74) is 1.14. The molecule has 1 saturated carbocycles. The molecule has 1 aromatic carbocycles. The summed E-state index contributed by atoms with van der Waals surface area (Å²) >= 11 is 0. The van der Waals surface area contributed by atoms with Crippen LogP contribution in [0.25, 0.3) is 0 Å². The number of nitrogens with zero attached hydrogens (tertiary/aromatic N) is 1. The number of ether oxygens (including phenoxy) is 2. The molecule has 0 radical (unpaired) electrons. The smallest absolute Gasteiger partial charge is 0.220 e. The van der Waals surface area contributed by atoms with Gasteiger partial charge in [-0.1, -0.05) is 18.9 Å². The molecular weight excluding hydrogens is 495 g/mol. The van der Waals surface area contributed by atoms with Gasteiger partial charge >= 0.3 is 0 Å². The number of aliphatic imine (C=N–C) groups is 1. The Bertz CT molecular complexity index is 664. The second kappa shape index (κ2) is 15.1. The Morgan fingerprint density at radius 2 is 1.77 bits per heavy atom. The van der Waals surface area contributed by atoms with E-state index in [9.17, 15) is 4.79 Å². The summed E-state index contributed by atoms with van der Waals surface area (Å²) in [6.45, 7) is 4.73. The number of hydrogen-bond donors (Lipinski definition) is 3. The summed E-state index contributed by atoms with van der Waals surface area (Å²) in [5, 5.41) is 9.52. The molecule has 0 bridgehead atoms. The number of benzene rings is 1. The summed E-state index contributed by atoms with van der Waals surface area (Å²) in [4.78, 5) is 16.6. The summed E-state index contributed by atoms with van der Waals surface area (Å²) in [6.07, 6.45) is 6.40. The van der Waals surface area contributed by atoms with Crippen LogP contribution in [0.4, 0.5) is 0 Å². The van der Waals surface area contributed by atoms with E-state index in [-0.39, 0.29) is 29.9 Å². The maximum absolute atomic E-state index is 12.0. The van der Waals surface area contributed by atoms with Gasteiger partial charge in [0.1, 0.15) is 0 Å². The van der Waals surface area contributed by atoms with Gasteiger partial charge in [0.25, 0.3) is 0 Å². The first-order valence-corrected chi connectivity index (χ1v) is 10.7. The van der Waals surface area contributed by atoms with Crippen molar-refractivity contribution in [1.29, 1.82) is 0 Å². The maximum Gasteiger partial charge on any atom is 0.220 e. The highest BCUT2D eigenvalue weighted by Gasteiger charge is 2.17. The zero-order chi connectivity index (χ0) is 20.9. The number of methoxy groups -OCH3 is 2. The van der Waals surface area contributed by atoms with Crippen molar-refractivity contribution in [2.45, 2.75) is 45.4 Å². The maximum atomic E-state index is 12.0. The van der Waals surface area contributed by atoms with Gasteiger partial charge in [-0.3, -0.25) is 9.79 Å². The molecule has 0 saturated heterocycles. The highest BCUT2D eigenvalue weighted by Crippen LogP contribution is 2.28. The fraction of sp³-hybridized carbons (Fsp3) is 0.636. The minimum atomic E-state index is 0. The van der Waals surface area contributed by atoms with Crippen molar-refractivity contribution in [1.82, 2.24) is 16.0 Å². The van der Waals surface area contributed by atoms with Gasteiger partial charge in [0, 0.05) is 32.6 Å². The van der Waals surface area contributed by atoms with E-state index in [2.05, 4.69) is 20.9 Å². The lowest BCUT2D eigenvalue weighted by atomic mass is 10.0. The van der Waals surface area contributed by atoms with Gasteiger partial charge in [0.05, 0.1) is 14.2 Å². The third kappa shape index (κ3) is 9.40. The van der Waals surface area contributed by atoms with Crippen LogP contribution in [0.5, 0.6) is 11.5 Å². The second-order valence-electron chi connectivity index (χ2n) is 7.33. The Hall–Kier alpha value is -1.71. The summed E-state index contributed by atoms with van der Waals surface area (Å²) in [6, 6.07) is 5.92. The Morgan fingerprint density at radius 3 is 2.43 bits per heavy atom. The topological polar surface area (TPSA) is 84.0 Å². The summed E-state index contributed by atoms with van der Waals surface area (Å²) < 4.78 is 10.6. The van der Waals surface area contributed by atoms with Gasteiger partial charge in [-0.15, -0.1) is 24.0 Å². The van der Waals surface area contributed by atoms with Gasteiger partial charge < -0.3 is 25.4 Å². The molecule has 30 heavy (non-hydrogen) atoms. The van der Waals surface area contributed by atoms with E-state index < -0.39 is 0 Å². The average Bonchev–Trinajstić information content (AvgIpc) is 3.23. The third-order valence-electron chi connectivity index (χ3n) is 5.15. The van der Waals surface area contributed by atoms with Crippen molar-refractivity contribution in [3.8, 4) is 11.5 Å². The van der Waals surface area contributed by atoms with E-state index >= 15 is 0 Å². The van der Waals surface area contributed by atoms with Crippen LogP contribution in [0.1, 0.15) is 44.6 Å². The van der Waals surface area contributed by atoms with E-state index in [0.29, 0.717) is 32.0 Å². The number of carbonyl (C=O) groups is 1. The van der Waals surface area contributed by atoms with Crippen LogP contribution < -0.4 is 25.4 Å². The fourth-order valence-corrected chi connectivity index (χ4v) is 3.61. The van der Waals surface area contributed by atoms with Crippen LogP contribution in [0.2, 0.25) is 0 Å². The lowest BCUT2D eigenvalue weighted by molar-refractivity contribution is -0.121. The van der Waals surface area contributed by atoms with Crippen LogP contribution in [-0.4, -0.2) is 52.3 Å². The highest BCUT2D eigenvalue weighted by molar-refractivity contribution is 14.0. The molecule has 1 fully saturated rings. The van der Waals surface area contributed by atoms with Gasteiger partial charge in [-0.2, -0.15) is 0 Å². The molecule has 0 spiro atoms. The van der Waals surface area contributed by atoms with Crippen molar-refractivity contribution in [3.63, 3.8) is 0 Å². The van der Waals surface area contributed by atoms with E-state index in [4.69, 9.17) is 9.47 Å². The number of halogens is 1. The molecule has 0 heterocycles. The van der Waals surface area contributed by atoms with Gasteiger partial charge in [0.15, 0.2) is 17.5 Å². The van der Waals surface area contributed by atoms with Gasteiger partial charge in [-0.25, -0.2) is 0 Å². The molecule has 0 atom stereocenters. The molecule has 0 aliphatic heterocycles. The Balaban J connectivity index is 0.00000450.